The van der Waals surface area contributed by atoms with Crippen molar-refractivity contribution in [1.29, 1.82) is 0 Å². The molecule has 0 aromatic heterocycles. The molecule has 104 valence electrons. The van der Waals surface area contributed by atoms with Crippen molar-refractivity contribution in [1.82, 2.24) is 10.6 Å². The van der Waals surface area contributed by atoms with Crippen LogP contribution in [0, 0.1) is 5.92 Å². The van der Waals surface area contributed by atoms with E-state index in [-0.39, 0.29) is 11.8 Å². The van der Waals surface area contributed by atoms with Crippen LogP contribution in [-0.4, -0.2) is 30.9 Å². The lowest BCUT2D eigenvalue weighted by atomic mass is 9.87. The van der Waals surface area contributed by atoms with Gasteiger partial charge in [-0.05, 0) is 25.7 Å². The van der Waals surface area contributed by atoms with Gasteiger partial charge in [0.15, 0.2) is 0 Å². The lowest BCUT2D eigenvalue weighted by Gasteiger charge is -2.22. The van der Waals surface area contributed by atoms with E-state index in [1.807, 2.05) is 0 Å². The summed E-state index contributed by atoms with van der Waals surface area (Å²) < 4.78 is 0. The summed E-state index contributed by atoms with van der Waals surface area (Å²) in [6.45, 7) is 2.56. The van der Waals surface area contributed by atoms with Crippen molar-refractivity contribution in [3.05, 3.63) is 0 Å². The maximum atomic E-state index is 11.8. The van der Waals surface area contributed by atoms with Gasteiger partial charge in [0.1, 0.15) is 6.04 Å². The van der Waals surface area contributed by atoms with E-state index >= 15 is 0 Å². The molecule has 1 aliphatic rings. The predicted octanol–water partition coefficient (Wildman–Crippen LogP) is 0.536. The SMILES string of the molecule is CC(NC(=O)CC1CCCCC1)C(=O)NCCN. The molecule has 0 heterocycles. The summed E-state index contributed by atoms with van der Waals surface area (Å²) in [4.78, 5) is 23.3. The molecule has 2 amide bonds. The summed E-state index contributed by atoms with van der Waals surface area (Å²) in [5.74, 6) is 0.313. The molecule has 0 saturated heterocycles. The van der Waals surface area contributed by atoms with Crippen molar-refractivity contribution < 1.29 is 9.59 Å². The molecule has 0 aromatic carbocycles. The van der Waals surface area contributed by atoms with Crippen LogP contribution in [0.3, 0.4) is 0 Å². The zero-order valence-corrected chi connectivity index (χ0v) is 11.2. The van der Waals surface area contributed by atoms with Gasteiger partial charge in [-0.2, -0.15) is 0 Å². The van der Waals surface area contributed by atoms with E-state index in [1.165, 1.54) is 19.3 Å². The van der Waals surface area contributed by atoms with Crippen LogP contribution in [0.25, 0.3) is 0 Å². The molecule has 18 heavy (non-hydrogen) atoms. The summed E-state index contributed by atoms with van der Waals surface area (Å²) in [5.41, 5.74) is 5.30. The number of hydrogen-bond donors (Lipinski definition) is 3. The molecule has 5 heteroatoms. The fourth-order valence-electron chi connectivity index (χ4n) is 2.37. The van der Waals surface area contributed by atoms with Crippen molar-refractivity contribution in [2.24, 2.45) is 11.7 Å². The Morgan fingerprint density at radius 3 is 2.56 bits per heavy atom. The Kier molecular flexibility index (Phi) is 6.72. The highest BCUT2D eigenvalue weighted by molar-refractivity contribution is 5.87. The highest BCUT2D eigenvalue weighted by atomic mass is 16.2. The van der Waals surface area contributed by atoms with E-state index in [9.17, 15) is 9.59 Å². The third-order valence-corrected chi connectivity index (χ3v) is 3.41. The average Bonchev–Trinajstić information content (AvgIpc) is 2.36. The maximum Gasteiger partial charge on any atom is 0.242 e. The van der Waals surface area contributed by atoms with Crippen LogP contribution >= 0.6 is 0 Å². The number of rotatable bonds is 6. The maximum absolute atomic E-state index is 11.8. The first-order valence-electron chi connectivity index (χ1n) is 6.90. The van der Waals surface area contributed by atoms with E-state index < -0.39 is 6.04 Å². The summed E-state index contributed by atoms with van der Waals surface area (Å²) in [6.07, 6.45) is 6.57. The summed E-state index contributed by atoms with van der Waals surface area (Å²) in [7, 11) is 0. The van der Waals surface area contributed by atoms with Crippen LogP contribution in [0.2, 0.25) is 0 Å². The molecule has 0 aromatic rings. The second kappa shape index (κ2) is 8.08. The third kappa shape index (κ3) is 5.49. The van der Waals surface area contributed by atoms with Crippen LogP contribution in [0.5, 0.6) is 0 Å². The van der Waals surface area contributed by atoms with E-state index in [1.54, 1.807) is 6.92 Å². The van der Waals surface area contributed by atoms with Crippen molar-refractivity contribution in [3.63, 3.8) is 0 Å². The second-order valence-electron chi connectivity index (χ2n) is 5.08. The second-order valence-corrected chi connectivity index (χ2v) is 5.08. The van der Waals surface area contributed by atoms with Gasteiger partial charge in [-0.1, -0.05) is 19.3 Å². The zero-order chi connectivity index (χ0) is 13.4. The number of carbonyl (C=O) groups is 2. The van der Waals surface area contributed by atoms with Gasteiger partial charge in [-0.15, -0.1) is 0 Å². The van der Waals surface area contributed by atoms with Crippen molar-refractivity contribution >= 4 is 11.8 Å². The van der Waals surface area contributed by atoms with Gasteiger partial charge in [-0.3, -0.25) is 9.59 Å². The molecule has 1 aliphatic carbocycles. The first-order chi connectivity index (χ1) is 8.63. The fraction of sp³-hybridized carbons (Fsp3) is 0.846. The molecule has 0 radical (unpaired) electrons. The Labute approximate surface area is 109 Å². The Morgan fingerprint density at radius 2 is 1.94 bits per heavy atom. The smallest absolute Gasteiger partial charge is 0.242 e. The van der Waals surface area contributed by atoms with Gasteiger partial charge in [0, 0.05) is 19.5 Å². The van der Waals surface area contributed by atoms with Gasteiger partial charge >= 0.3 is 0 Å². The van der Waals surface area contributed by atoms with Crippen molar-refractivity contribution in [2.45, 2.75) is 51.5 Å². The molecule has 1 unspecified atom stereocenters. The lowest BCUT2D eigenvalue weighted by Crippen LogP contribution is -2.46. The highest BCUT2D eigenvalue weighted by Crippen LogP contribution is 2.26. The quantitative estimate of drug-likeness (QED) is 0.647. The number of nitrogens with two attached hydrogens (primary N) is 1. The predicted molar refractivity (Wildman–Crippen MR) is 70.9 cm³/mol. The standard InChI is InChI=1S/C13H25N3O2/c1-10(13(18)15-8-7-14)16-12(17)9-11-5-3-2-4-6-11/h10-11H,2-9,14H2,1H3,(H,15,18)(H,16,17). The first-order valence-corrected chi connectivity index (χ1v) is 6.90. The van der Waals surface area contributed by atoms with Crippen LogP contribution in [0.1, 0.15) is 45.4 Å². The summed E-state index contributed by atoms with van der Waals surface area (Å²) in [5, 5.41) is 5.41. The van der Waals surface area contributed by atoms with Crippen molar-refractivity contribution in [3.8, 4) is 0 Å². The van der Waals surface area contributed by atoms with Crippen LogP contribution < -0.4 is 16.4 Å². The van der Waals surface area contributed by atoms with E-state index in [4.69, 9.17) is 5.73 Å². The first kappa shape index (κ1) is 15.0. The van der Waals surface area contributed by atoms with Gasteiger partial charge < -0.3 is 16.4 Å². The van der Waals surface area contributed by atoms with Crippen LogP contribution in [0.15, 0.2) is 0 Å². The fourth-order valence-corrected chi connectivity index (χ4v) is 2.37. The largest absolute Gasteiger partial charge is 0.353 e. The normalized spacial score (nSPS) is 18.1. The molecule has 1 saturated carbocycles. The summed E-state index contributed by atoms with van der Waals surface area (Å²) in [6, 6.07) is -0.479. The Morgan fingerprint density at radius 1 is 1.28 bits per heavy atom. The molecular formula is C13H25N3O2. The molecular weight excluding hydrogens is 230 g/mol. The molecule has 0 spiro atoms. The molecule has 5 nitrogen and oxygen atoms in total. The van der Waals surface area contributed by atoms with Crippen molar-refractivity contribution in [2.75, 3.05) is 13.1 Å². The molecule has 4 N–H and O–H groups in total. The van der Waals surface area contributed by atoms with E-state index in [0.29, 0.717) is 25.4 Å². The molecule has 1 fully saturated rings. The van der Waals surface area contributed by atoms with Crippen LogP contribution in [0.4, 0.5) is 0 Å². The number of carbonyl (C=O) groups excluding carboxylic acids is 2. The number of nitrogens with one attached hydrogen (secondary N) is 2. The molecule has 0 aliphatic heterocycles. The molecule has 1 rings (SSSR count). The Hall–Kier alpha value is -1.10. The number of hydrogen-bond acceptors (Lipinski definition) is 3. The Balaban J connectivity index is 2.23. The van der Waals surface area contributed by atoms with E-state index in [0.717, 1.165) is 12.8 Å². The van der Waals surface area contributed by atoms with Crippen LogP contribution in [-0.2, 0) is 9.59 Å². The zero-order valence-electron chi connectivity index (χ0n) is 11.2. The van der Waals surface area contributed by atoms with Gasteiger partial charge in [0.25, 0.3) is 0 Å². The van der Waals surface area contributed by atoms with Gasteiger partial charge in [0.05, 0.1) is 0 Å². The van der Waals surface area contributed by atoms with Gasteiger partial charge in [-0.25, -0.2) is 0 Å². The molecule has 1 atom stereocenters. The minimum Gasteiger partial charge on any atom is -0.353 e. The third-order valence-electron chi connectivity index (χ3n) is 3.41. The minimum absolute atomic E-state index is 0.0164. The monoisotopic (exact) mass is 255 g/mol. The number of amides is 2. The molecule has 0 bridgehead atoms. The summed E-state index contributed by atoms with van der Waals surface area (Å²) >= 11 is 0. The highest BCUT2D eigenvalue weighted by Gasteiger charge is 2.20. The van der Waals surface area contributed by atoms with Gasteiger partial charge in [0.2, 0.25) is 11.8 Å². The lowest BCUT2D eigenvalue weighted by molar-refractivity contribution is -0.129. The topological polar surface area (TPSA) is 84.2 Å². The minimum atomic E-state index is -0.479. The average molecular weight is 255 g/mol. The van der Waals surface area contributed by atoms with E-state index in [2.05, 4.69) is 10.6 Å². The Bertz CT molecular complexity index is 275.